The Bertz CT molecular complexity index is 1340. The summed E-state index contributed by atoms with van der Waals surface area (Å²) in [5.41, 5.74) is 3.28. The van der Waals surface area contributed by atoms with E-state index in [0.29, 0.717) is 40.7 Å². The zero-order valence-electron chi connectivity index (χ0n) is 17.6. The molecule has 0 aliphatic rings. The standard InChI is InChI=1S/C22H23ClN4O3S/c1-13(23)10-27-18-7-20(30-4)19(29-3)6-15(18)5-16(21(27)28)8-24-9-17-11-26-14(2)12-31-22(26)25-17/h5-7,11-12,24H,1,8-10H2,2-4H3. The first kappa shape index (κ1) is 21.4. The molecular weight excluding hydrogens is 436 g/mol. The van der Waals surface area contributed by atoms with Gasteiger partial charge in [-0.15, -0.1) is 11.3 Å². The SMILES string of the molecule is C=C(Cl)Cn1c(=O)c(CNCc2cn3c(C)csc3n2)cc2cc(OC)c(OC)cc21. The van der Waals surface area contributed by atoms with Crippen LogP contribution in [0.3, 0.4) is 0 Å². The average molecular weight is 459 g/mol. The summed E-state index contributed by atoms with van der Waals surface area (Å²) in [7, 11) is 3.15. The zero-order valence-corrected chi connectivity index (χ0v) is 19.1. The highest BCUT2D eigenvalue weighted by molar-refractivity contribution is 7.15. The number of nitrogens with zero attached hydrogens (tertiary/aromatic N) is 3. The maximum Gasteiger partial charge on any atom is 0.255 e. The van der Waals surface area contributed by atoms with Crippen LogP contribution >= 0.6 is 22.9 Å². The fourth-order valence-corrected chi connectivity index (χ4v) is 4.56. The summed E-state index contributed by atoms with van der Waals surface area (Å²) in [5, 5.41) is 6.63. The number of ether oxygens (including phenoxy) is 2. The van der Waals surface area contributed by atoms with Crippen molar-refractivity contribution in [3.05, 3.63) is 68.7 Å². The Morgan fingerprint density at radius 1 is 1.23 bits per heavy atom. The fourth-order valence-electron chi connectivity index (χ4n) is 3.57. The average Bonchev–Trinajstić information content (AvgIpc) is 3.31. The molecule has 0 spiro atoms. The lowest BCUT2D eigenvalue weighted by Crippen LogP contribution is -2.27. The highest BCUT2D eigenvalue weighted by Gasteiger charge is 2.14. The number of pyridine rings is 1. The number of benzene rings is 1. The number of nitrogens with one attached hydrogen (secondary N) is 1. The van der Waals surface area contributed by atoms with Gasteiger partial charge in [0.2, 0.25) is 0 Å². The van der Waals surface area contributed by atoms with E-state index < -0.39 is 0 Å². The molecule has 0 aliphatic heterocycles. The summed E-state index contributed by atoms with van der Waals surface area (Å²) in [6, 6.07) is 5.51. The number of fused-ring (bicyclic) bond motifs is 2. The minimum atomic E-state index is -0.129. The van der Waals surface area contributed by atoms with Crippen LogP contribution in [0, 0.1) is 6.92 Å². The Balaban J connectivity index is 1.66. The summed E-state index contributed by atoms with van der Waals surface area (Å²) in [6.45, 7) is 6.95. The number of hydrogen-bond donors (Lipinski definition) is 1. The second-order valence-electron chi connectivity index (χ2n) is 7.21. The lowest BCUT2D eigenvalue weighted by atomic mass is 10.1. The van der Waals surface area contributed by atoms with E-state index in [0.717, 1.165) is 21.7 Å². The van der Waals surface area contributed by atoms with Crippen LogP contribution in [0.1, 0.15) is 17.0 Å². The summed E-state index contributed by atoms with van der Waals surface area (Å²) in [5.74, 6) is 1.14. The van der Waals surface area contributed by atoms with Gasteiger partial charge in [0.1, 0.15) is 0 Å². The number of halogens is 1. The molecule has 162 valence electrons. The Labute approximate surface area is 188 Å². The van der Waals surface area contributed by atoms with E-state index in [1.54, 1.807) is 36.2 Å². The number of rotatable bonds is 8. The highest BCUT2D eigenvalue weighted by atomic mass is 35.5. The molecule has 3 heterocycles. The van der Waals surface area contributed by atoms with Gasteiger partial charge in [-0.25, -0.2) is 4.98 Å². The van der Waals surface area contributed by atoms with Crippen molar-refractivity contribution in [3.63, 3.8) is 0 Å². The molecular formula is C22H23ClN4O3S. The van der Waals surface area contributed by atoms with Crippen LogP contribution < -0.4 is 20.3 Å². The van der Waals surface area contributed by atoms with Gasteiger partial charge >= 0.3 is 0 Å². The molecule has 0 radical (unpaired) electrons. The van der Waals surface area contributed by atoms with Gasteiger partial charge in [0.15, 0.2) is 16.5 Å². The van der Waals surface area contributed by atoms with E-state index in [1.807, 2.05) is 25.3 Å². The number of imidazole rings is 1. The van der Waals surface area contributed by atoms with Crippen molar-refractivity contribution < 1.29 is 9.47 Å². The first-order valence-electron chi connectivity index (χ1n) is 9.65. The van der Waals surface area contributed by atoms with Crippen LogP contribution in [0.2, 0.25) is 0 Å². The van der Waals surface area contributed by atoms with Gasteiger partial charge in [-0.05, 0) is 19.1 Å². The molecule has 0 unspecified atom stereocenters. The Morgan fingerprint density at radius 3 is 2.65 bits per heavy atom. The van der Waals surface area contributed by atoms with Crippen molar-refractivity contribution in [2.24, 2.45) is 0 Å². The minimum absolute atomic E-state index is 0.129. The molecule has 4 rings (SSSR count). The molecule has 0 atom stereocenters. The van der Waals surface area contributed by atoms with Gasteiger partial charge < -0.3 is 19.4 Å². The topological polar surface area (TPSA) is 69.8 Å². The van der Waals surface area contributed by atoms with Gasteiger partial charge in [-0.1, -0.05) is 18.2 Å². The second-order valence-corrected chi connectivity index (χ2v) is 8.58. The molecule has 4 aromatic rings. The van der Waals surface area contributed by atoms with Crippen LogP contribution in [0.4, 0.5) is 0 Å². The van der Waals surface area contributed by atoms with Crippen LogP contribution in [-0.2, 0) is 19.6 Å². The van der Waals surface area contributed by atoms with E-state index in [4.69, 9.17) is 21.1 Å². The summed E-state index contributed by atoms with van der Waals surface area (Å²) < 4.78 is 14.5. The van der Waals surface area contributed by atoms with Gasteiger partial charge in [0.25, 0.3) is 5.56 Å². The molecule has 1 aromatic carbocycles. The fraction of sp³-hybridized carbons (Fsp3) is 0.273. The Hall–Kier alpha value is -2.81. The maximum atomic E-state index is 13.2. The van der Waals surface area contributed by atoms with Gasteiger partial charge in [0.05, 0.1) is 32.0 Å². The van der Waals surface area contributed by atoms with Gasteiger partial charge in [0, 0.05) is 52.4 Å². The molecule has 0 bridgehead atoms. The third-order valence-electron chi connectivity index (χ3n) is 5.06. The smallest absolute Gasteiger partial charge is 0.255 e. The number of allylic oxidation sites excluding steroid dienone is 1. The third kappa shape index (κ3) is 4.19. The van der Waals surface area contributed by atoms with Crippen LogP contribution in [-0.4, -0.2) is 28.2 Å². The Kier molecular flexibility index (Phi) is 6.04. The number of aryl methyl sites for hydroxylation is 1. The largest absolute Gasteiger partial charge is 0.493 e. The van der Waals surface area contributed by atoms with E-state index in [9.17, 15) is 4.79 Å². The lowest BCUT2D eigenvalue weighted by molar-refractivity contribution is 0.355. The van der Waals surface area contributed by atoms with Crippen molar-refractivity contribution >= 4 is 38.8 Å². The van der Waals surface area contributed by atoms with Crippen LogP contribution in [0.25, 0.3) is 15.9 Å². The maximum absolute atomic E-state index is 13.2. The van der Waals surface area contributed by atoms with E-state index in [1.165, 1.54) is 0 Å². The van der Waals surface area contributed by atoms with Gasteiger partial charge in [-0.3, -0.25) is 9.20 Å². The minimum Gasteiger partial charge on any atom is -0.493 e. The number of hydrogen-bond acceptors (Lipinski definition) is 6. The second kappa shape index (κ2) is 8.74. The predicted octanol–water partition coefficient (Wildman–Crippen LogP) is 4.08. The van der Waals surface area contributed by atoms with Crippen molar-refractivity contribution in [2.75, 3.05) is 14.2 Å². The molecule has 31 heavy (non-hydrogen) atoms. The summed E-state index contributed by atoms with van der Waals surface area (Å²) in [6.07, 6.45) is 2.02. The van der Waals surface area contributed by atoms with Crippen molar-refractivity contribution in [2.45, 2.75) is 26.6 Å². The quantitative estimate of drug-likeness (QED) is 0.431. The molecule has 1 N–H and O–H groups in total. The molecule has 0 saturated carbocycles. The molecule has 7 nitrogen and oxygen atoms in total. The van der Waals surface area contributed by atoms with Crippen LogP contribution in [0.5, 0.6) is 11.5 Å². The molecule has 0 amide bonds. The zero-order chi connectivity index (χ0) is 22.1. The van der Waals surface area contributed by atoms with Crippen LogP contribution in [0.15, 0.2) is 46.2 Å². The van der Waals surface area contributed by atoms with Crippen molar-refractivity contribution in [1.29, 1.82) is 0 Å². The summed E-state index contributed by atoms with van der Waals surface area (Å²) in [4.78, 5) is 18.8. The van der Waals surface area contributed by atoms with E-state index in [2.05, 4.69) is 26.7 Å². The van der Waals surface area contributed by atoms with Crippen molar-refractivity contribution in [3.8, 4) is 11.5 Å². The molecule has 0 aliphatic carbocycles. The van der Waals surface area contributed by atoms with Gasteiger partial charge in [-0.2, -0.15) is 0 Å². The number of methoxy groups -OCH3 is 2. The predicted molar refractivity (Wildman–Crippen MR) is 125 cm³/mol. The molecule has 0 saturated heterocycles. The first-order chi connectivity index (χ1) is 14.9. The molecule has 0 fully saturated rings. The molecule has 3 aromatic heterocycles. The van der Waals surface area contributed by atoms with Crippen molar-refractivity contribution in [1.82, 2.24) is 19.3 Å². The monoisotopic (exact) mass is 458 g/mol. The third-order valence-corrected chi connectivity index (χ3v) is 6.14. The molecule has 9 heteroatoms. The van der Waals surface area contributed by atoms with E-state index in [-0.39, 0.29) is 12.1 Å². The van der Waals surface area contributed by atoms with E-state index >= 15 is 0 Å². The Morgan fingerprint density at radius 2 is 1.97 bits per heavy atom. The summed E-state index contributed by atoms with van der Waals surface area (Å²) >= 11 is 7.67. The highest BCUT2D eigenvalue weighted by Crippen LogP contribution is 2.32. The normalized spacial score (nSPS) is 11.4. The first-order valence-corrected chi connectivity index (χ1v) is 10.9. The number of aromatic nitrogens is 3. The lowest BCUT2D eigenvalue weighted by Gasteiger charge is -2.15. The number of thiazole rings is 1.